The predicted molar refractivity (Wildman–Crippen MR) is 51.3 cm³/mol. The number of hydrogen-bond donors (Lipinski definition) is 2. The van der Waals surface area contributed by atoms with E-state index in [0.29, 0.717) is 6.04 Å². The highest BCUT2D eigenvalue weighted by Gasteiger charge is 2.38. The molecule has 2 fully saturated rings. The van der Waals surface area contributed by atoms with Crippen LogP contribution < -0.4 is 10.6 Å². The van der Waals surface area contributed by atoms with Crippen molar-refractivity contribution in [2.24, 2.45) is 11.8 Å². The summed E-state index contributed by atoms with van der Waals surface area (Å²) in [6.07, 6.45) is 3.72. The smallest absolute Gasteiger partial charge is 0.225 e. The third-order valence-electron chi connectivity index (χ3n) is 3.06. The van der Waals surface area contributed by atoms with Crippen molar-refractivity contribution in [3.8, 4) is 0 Å². The van der Waals surface area contributed by atoms with E-state index >= 15 is 0 Å². The highest BCUT2D eigenvalue weighted by molar-refractivity contribution is 5.80. The third-order valence-corrected chi connectivity index (χ3v) is 3.06. The van der Waals surface area contributed by atoms with Crippen LogP contribution in [0.1, 0.15) is 26.2 Å². The molecule has 1 heterocycles. The van der Waals surface area contributed by atoms with Crippen molar-refractivity contribution in [3.63, 3.8) is 0 Å². The quantitative estimate of drug-likeness (QED) is 0.665. The zero-order chi connectivity index (χ0) is 9.26. The second-order valence-corrected chi connectivity index (χ2v) is 4.25. The topological polar surface area (TPSA) is 41.1 Å². The molecule has 74 valence electrons. The first kappa shape index (κ1) is 9.00. The lowest BCUT2D eigenvalue weighted by atomic mass is 10.0. The molecule has 13 heavy (non-hydrogen) atoms. The molecule has 1 saturated heterocycles. The highest BCUT2D eigenvalue weighted by Crippen LogP contribution is 2.34. The van der Waals surface area contributed by atoms with Crippen molar-refractivity contribution in [2.45, 2.75) is 32.2 Å². The maximum absolute atomic E-state index is 11.5. The average Bonchev–Trinajstić information content (AvgIpc) is 2.64. The minimum atomic E-state index is 0.253. The maximum atomic E-state index is 11.5. The number of nitrogens with one attached hydrogen (secondary N) is 2. The Labute approximate surface area is 79.3 Å². The van der Waals surface area contributed by atoms with Crippen LogP contribution in [0.15, 0.2) is 0 Å². The van der Waals surface area contributed by atoms with Crippen LogP contribution in [0.2, 0.25) is 0 Å². The van der Waals surface area contributed by atoms with Crippen LogP contribution in [0.3, 0.4) is 0 Å². The second kappa shape index (κ2) is 3.66. The van der Waals surface area contributed by atoms with Gasteiger partial charge in [-0.15, -0.1) is 0 Å². The van der Waals surface area contributed by atoms with Gasteiger partial charge in [-0.1, -0.05) is 13.3 Å². The fourth-order valence-electron chi connectivity index (χ4n) is 1.89. The molecule has 0 aromatic heterocycles. The number of carbonyl (C=O) groups excluding carboxylic acids is 1. The van der Waals surface area contributed by atoms with Gasteiger partial charge in [0.25, 0.3) is 0 Å². The first-order valence-corrected chi connectivity index (χ1v) is 5.32. The zero-order valence-corrected chi connectivity index (χ0v) is 8.18. The fraction of sp³-hybridized carbons (Fsp3) is 0.900. The van der Waals surface area contributed by atoms with Crippen molar-refractivity contribution in [2.75, 3.05) is 13.1 Å². The van der Waals surface area contributed by atoms with Gasteiger partial charge in [0.15, 0.2) is 0 Å². The molecule has 1 aliphatic heterocycles. The van der Waals surface area contributed by atoms with Crippen molar-refractivity contribution >= 4 is 5.91 Å². The molecule has 0 aromatic carbocycles. The largest absolute Gasteiger partial charge is 0.353 e. The normalized spacial score (nSPS) is 32.4. The molecular weight excluding hydrogens is 164 g/mol. The Bertz CT molecular complexity index is 201. The first-order chi connectivity index (χ1) is 6.31. The molecule has 0 spiro atoms. The van der Waals surface area contributed by atoms with E-state index in [1.54, 1.807) is 0 Å². The number of hydrogen-bond acceptors (Lipinski definition) is 2. The molecule has 2 atom stereocenters. The Morgan fingerprint density at radius 3 is 2.85 bits per heavy atom. The van der Waals surface area contributed by atoms with Gasteiger partial charge in [-0.3, -0.25) is 4.79 Å². The van der Waals surface area contributed by atoms with Crippen molar-refractivity contribution in [3.05, 3.63) is 0 Å². The van der Waals surface area contributed by atoms with Gasteiger partial charge in [0.05, 0.1) is 5.92 Å². The Hall–Kier alpha value is -0.570. The molecule has 3 heteroatoms. The van der Waals surface area contributed by atoms with Gasteiger partial charge in [0.1, 0.15) is 0 Å². The van der Waals surface area contributed by atoms with Gasteiger partial charge in [-0.25, -0.2) is 0 Å². The molecule has 1 amide bonds. The van der Waals surface area contributed by atoms with E-state index in [2.05, 4.69) is 17.6 Å². The minimum absolute atomic E-state index is 0.253. The van der Waals surface area contributed by atoms with Crippen LogP contribution in [-0.2, 0) is 4.79 Å². The van der Waals surface area contributed by atoms with E-state index in [-0.39, 0.29) is 11.8 Å². The molecule has 2 N–H and O–H groups in total. The van der Waals surface area contributed by atoms with Gasteiger partial charge in [-0.2, -0.15) is 0 Å². The van der Waals surface area contributed by atoms with Crippen molar-refractivity contribution in [1.82, 2.24) is 10.6 Å². The molecule has 1 saturated carbocycles. The van der Waals surface area contributed by atoms with Gasteiger partial charge in [-0.05, 0) is 18.8 Å². The lowest BCUT2D eigenvalue weighted by Crippen LogP contribution is -2.51. The van der Waals surface area contributed by atoms with E-state index in [1.807, 2.05) is 0 Å². The number of amides is 1. The summed E-state index contributed by atoms with van der Waals surface area (Å²) in [4.78, 5) is 11.5. The van der Waals surface area contributed by atoms with Crippen LogP contribution in [0.5, 0.6) is 0 Å². The minimum Gasteiger partial charge on any atom is -0.353 e. The van der Waals surface area contributed by atoms with E-state index in [4.69, 9.17) is 0 Å². The highest BCUT2D eigenvalue weighted by atomic mass is 16.2. The maximum Gasteiger partial charge on any atom is 0.225 e. The monoisotopic (exact) mass is 182 g/mol. The Morgan fingerprint density at radius 1 is 1.54 bits per heavy atom. The van der Waals surface area contributed by atoms with E-state index in [9.17, 15) is 4.79 Å². The first-order valence-electron chi connectivity index (χ1n) is 5.32. The summed E-state index contributed by atoms with van der Waals surface area (Å²) in [5.74, 6) is 1.30. The lowest BCUT2D eigenvalue weighted by molar-refractivity contribution is -0.126. The van der Waals surface area contributed by atoms with Gasteiger partial charge >= 0.3 is 0 Å². The van der Waals surface area contributed by atoms with Crippen molar-refractivity contribution in [1.29, 1.82) is 0 Å². The summed E-state index contributed by atoms with van der Waals surface area (Å²) in [5.41, 5.74) is 0. The SMILES string of the molecule is CCCC1CC1NC(=O)C1CNC1. The van der Waals surface area contributed by atoms with Gasteiger partial charge < -0.3 is 10.6 Å². The van der Waals surface area contributed by atoms with E-state index < -0.39 is 0 Å². The standard InChI is InChI=1S/C10H18N2O/c1-2-3-7-4-9(7)12-10(13)8-5-11-6-8/h7-9,11H,2-6H2,1H3,(H,12,13). The Kier molecular flexibility index (Phi) is 2.54. The molecule has 0 aromatic rings. The van der Waals surface area contributed by atoms with Crippen LogP contribution >= 0.6 is 0 Å². The summed E-state index contributed by atoms with van der Waals surface area (Å²) in [6.45, 7) is 3.95. The van der Waals surface area contributed by atoms with Crippen LogP contribution in [0, 0.1) is 11.8 Å². The number of rotatable bonds is 4. The van der Waals surface area contributed by atoms with Crippen molar-refractivity contribution < 1.29 is 4.79 Å². The third kappa shape index (κ3) is 2.02. The summed E-state index contributed by atoms with van der Waals surface area (Å²) in [7, 11) is 0. The molecule has 3 nitrogen and oxygen atoms in total. The lowest BCUT2D eigenvalue weighted by Gasteiger charge is -2.25. The average molecular weight is 182 g/mol. The molecular formula is C10H18N2O. The summed E-state index contributed by atoms with van der Waals surface area (Å²) < 4.78 is 0. The zero-order valence-electron chi connectivity index (χ0n) is 8.18. The molecule has 1 aliphatic carbocycles. The van der Waals surface area contributed by atoms with E-state index in [0.717, 1.165) is 19.0 Å². The molecule has 0 bridgehead atoms. The van der Waals surface area contributed by atoms with Crippen LogP contribution in [0.25, 0.3) is 0 Å². The Balaban J connectivity index is 1.65. The summed E-state index contributed by atoms with van der Waals surface area (Å²) >= 11 is 0. The summed E-state index contributed by atoms with van der Waals surface area (Å²) in [6, 6.07) is 0.507. The molecule has 0 radical (unpaired) electrons. The van der Waals surface area contributed by atoms with Gasteiger partial charge in [0.2, 0.25) is 5.91 Å². The predicted octanol–water partition coefficient (Wildman–Crippen LogP) is 0.511. The Morgan fingerprint density at radius 2 is 2.31 bits per heavy atom. The fourth-order valence-corrected chi connectivity index (χ4v) is 1.89. The van der Waals surface area contributed by atoms with E-state index in [1.165, 1.54) is 19.3 Å². The molecule has 2 rings (SSSR count). The summed E-state index contributed by atoms with van der Waals surface area (Å²) in [5, 5.41) is 6.22. The molecule has 2 aliphatic rings. The second-order valence-electron chi connectivity index (χ2n) is 4.25. The van der Waals surface area contributed by atoms with Crippen LogP contribution in [-0.4, -0.2) is 25.0 Å². The van der Waals surface area contributed by atoms with Gasteiger partial charge in [0, 0.05) is 19.1 Å². The van der Waals surface area contributed by atoms with Crippen LogP contribution in [0.4, 0.5) is 0 Å². The number of carbonyl (C=O) groups is 1. The molecule has 2 unspecified atom stereocenters.